The Morgan fingerprint density at radius 2 is 1.88 bits per heavy atom. The average molecular weight is 366 g/mol. The largest absolute Gasteiger partial charge is 0.339 e. The van der Waals surface area contributed by atoms with Crippen molar-refractivity contribution < 1.29 is 13.6 Å². The molecule has 7 nitrogen and oxygen atoms in total. The zero-order valence-electron chi connectivity index (χ0n) is 15.3. The number of alkyl halides is 2. The van der Waals surface area contributed by atoms with Gasteiger partial charge in [0.15, 0.2) is 0 Å². The fourth-order valence-corrected chi connectivity index (χ4v) is 3.30. The highest BCUT2D eigenvalue weighted by atomic mass is 19.3. The molecule has 0 N–H and O–H groups in total. The van der Waals surface area contributed by atoms with E-state index in [-0.39, 0.29) is 18.1 Å². The summed E-state index contributed by atoms with van der Waals surface area (Å²) in [6, 6.07) is 1.33. The van der Waals surface area contributed by atoms with E-state index in [4.69, 9.17) is 0 Å². The lowest BCUT2D eigenvalue weighted by molar-refractivity contribution is -0.134. The van der Waals surface area contributed by atoms with Crippen molar-refractivity contribution in [3.8, 4) is 0 Å². The minimum absolute atomic E-state index is 0.144. The van der Waals surface area contributed by atoms with Gasteiger partial charge < -0.3 is 4.90 Å². The second kappa shape index (κ2) is 7.53. The maximum atomic E-state index is 13.0. The lowest BCUT2D eigenvalue weighted by Gasteiger charge is -2.34. The zero-order chi connectivity index (χ0) is 18.8. The highest BCUT2D eigenvalue weighted by molar-refractivity contribution is 5.76. The molecule has 3 rings (SSSR count). The first-order chi connectivity index (χ1) is 12.3. The van der Waals surface area contributed by atoms with Crippen LogP contribution in [0.15, 0.2) is 12.3 Å². The summed E-state index contributed by atoms with van der Waals surface area (Å²) in [6.45, 7) is 6.96. The maximum absolute atomic E-state index is 13.0. The maximum Gasteiger partial charge on any atom is 0.280 e. The van der Waals surface area contributed by atoms with Crippen LogP contribution in [0.25, 0.3) is 0 Å². The number of amides is 1. The Balaban J connectivity index is 1.54. The van der Waals surface area contributed by atoms with E-state index in [9.17, 15) is 13.6 Å². The Hall–Kier alpha value is -2.29. The van der Waals surface area contributed by atoms with Crippen LogP contribution in [-0.2, 0) is 24.9 Å². The van der Waals surface area contributed by atoms with Gasteiger partial charge in [0.05, 0.1) is 11.4 Å². The molecule has 1 saturated heterocycles. The van der Waals surface area contributed by atoms with Crippen molar-refractivity contribution in [2.24, 2.45) is 7.05 Å². The van der Waals surface area contributed by atoms with Crippen LogP contribution in [0.2, 0.25) is 0 Å². The number of aryl methyl sites for hydroxylation is 3. The molecule has 1 aliphatic heterocycles. The number of carbonyl (C=O) groups is 1. The van der Waals surface area contributed by atoms with Gasteiger partial charge in [0, 0.05) is 51.5 Å². The molecule has 0 aliphatic carbocycles. The quantitative estimate of drug-likeness (QED) is 0.805. The van der Waals surface area contributed by atoms with Crippen LogP contribution in [-0.4, -0.2) is 61.4 Å². The van der Waals surface area contributed by atoms with Crippen molar-refractivity contribution in [3.05, 3.63) is 34.9 Å². The number of aromatic nitrogens is 4. The molecule has 26 heavy (non-hydrogen) atoms. The van der Waals surface area contributed by atoms with Crippen LogP contribution >= 0.6 is 0 Å². The molecule has 0 bridgehead atoms. The molecule has 9 heteroatoms. The molecule has 0 radical (unpaired) electrons. The van der Waals surface area contributed by atoms with Gasteiger partial charge in [-0.15, -0.1) is 0 Å². The van der Waals surface area contributed by atoms with Crippen molar-refractivity contribution in [1.29, 1.82) is 0 Å². The molecule has 0 unspecified atom stereocenters. The number of piperazine rings is 1. The first-order valence-corrected chi connectivity index (χ1v) is 8.65. The van der Waals surface area contributed by atoms with Gasteiger partial charge in [-0.25, -0.2) is 8.78 Å². The van der Waals surface area contributed by atoms with E-state index in [1.807, 2.05) is 20.2 Å². The smallest absolute Gasteiger partial charge is 0.280 e. The normalized spacial score (nSPS) is 15.8. The summed E-state index contributed by atoms with van der Waals surface area (Å²) in [7, 11) is 1.90. The summed E-state index contributed by atoms with van der Waals surface area (Å²) in [5.74, 6) is -0.174. The number of rotatable bonds is 5. The predicted octanol–water partition coefficient (Wildman–Crippen LogP) is 1.52. The van der Waals surface area contributed by atoms with Crippen LogP contribution in [0, 0.1) is 13.8 Å². The number of halogens is 2. The van der Waals surface area contributed by atoms with E-state index in [0.717, 1.165) is 30.0 Å². The standard InChI is InChI=1S/C17H24F2N6O/c1-12-8-15(17(18)19)25(20-12)11-16(26)24-6-4-23(5-7-24)10-14-9-22(3)21-13(14)2/h8-9,17H,4-7,10-11H2,1-3H3. The van der Waals surface area contributed by atoms with E-state index < -0.39 is 6.43 Å². The molecule has 0 atom stereocenters. The monoisotopic (exact) mass is 366 g/mol. The van der Waals surface area contributed by atoms with Crippen LogP contribution in [0.3, 0.4) is 0 Å². The van der Waals surface area contributed by atoms with E-state index in [0.29, 0.717) is 18.8 Å². The molecule has 142 valence electrons. The van der Waals surface area contributed by atoms with Crippen molar-refractivity contribution in [1.82, 2.24) is 29.4 Å². The van der Waals surface area contributed by atoms with E-state index in [2.05, 4.69) is 15.1 Å². The fourth-order valence-electron chi connectivity index (χ4n) is 3.30. The summed E-state index contributed by atoms with van der Waals surface area (Å²) >= 11 is 0. The SMILES string of the molecule is Cc1cc(C(F)F)n(CC(=O)N2CCN(Cc3cn(C)nc3C)CC2)n1. The van der Waals surface area contributed by atoms with E-state index in [1.54, 1.807) is 16.5 Å². The summed E-state index contributed by atoms with van der Waals surface area (Å²) in [5, 5.41) is 8.36. The molecule has 0 aromatic carbocycles. The van der Waals surface area contributed by atoms with Crippen LogP contribution < -0.4 is 0 Å². The first kappa shape index (κ1) is 18.5. The lowest BCUT2D eigenvalue weighted by atomic mass is 10.2. The van der Waals surface area contributed by atoms with Crippen LogP contribution in [0.4, 0.5) is 8.78 Å². The molecule has 1 aliphatic rings. The van der Waals surface area contributed by atoms with Gasteiger partial charge in [0.2, 0.25) is 5.91 Å². The number of hydrogen-bond acceptors (Lipinski definition) is 4. The minimum Gasteiger partial charge on any atom is -0.339 e. The number of hydrogen-bond donors (Lipinski definition) is 0. The summed E-state index contributed by atoms with van der Waals surface area (Å²) < 4.78 is 29.0. The molecule has 2 aromatic heterocycles. The Labute approximate surface area is 151 Å². The van der Waals surface area contributed by atoms with Gasteiger partial charge in [-0.05, 0) is 19.9 Å². The lowest BCUT2D eigenvalue weighted by Crippen LogP contribution is -2.49. The van der Waals surface area contributed by atoms with Crippen molar-refractivity contribution >= 4 is 5.91 Å². The Bertz CT molecular complexity index is 776. The zero-order valence-corrected chi connectivity index (χ0v) is 15.3. The third-order valence-electron chi connectivity index (χ3n) is 4.68. The van der Waals surface area contributed by atoms with Gasteiger partial charge >= 0.3 is 0 Å². The molecule has 3 heterocycles. The van der Waals surface area contributed by atoms with Gasteiger partial charge in [0.1, 0.15) is 12.2 Å². The number of carbonyl (C=O) groups excluding carboxylic acids is 1. The van der Waals surface area contributed by atoms with Gasteiger partial charge in [-0.2, -0.15) is 10.2 Å². The third-order valence-corrected chi connectivity index (χ3v) is 4.68. The van der Waals surface area contributed by atoms with Crippen LogP contribution in [0.5, 0.6) is 0 Å². The Morgan fingerprint density at radius 1 is 1.19 bits per heavy atom. The Kier molecular flexibility index (Phi) is 5.36. The van der Waals surface area contributed by atoms with Crippen molar-refractivity contribution in [2.75, 3.05) is 26.2 Å². The molecule has 1 fully saturated rings. The van der Waals surface area contributed by atoms with Gasteiger partial charge in [-0.3, -0.25) is 19.1 Å². The second-order valence-electron chi connectivity index (χ2n) is 6.74. The topological polar surface area (TPSA) is 59.2 Å². The minimum atomic E-state index is -2.64. The van der Waals surface area contributed by atoms with Gasteiger partial charge in [-0.1, -0.05) is 0 Å². The van der Waals surface area contributed by atoms with Crippen molar-refractivity contribution in [2.45, 2.75) is 33.4 Å². The average Bonchev–Trinajstić information content (AvgIpc) is 3.10. The predicted molar refractivity (Wildman–Crippen MR) is 91.7 cm³/mol. The summed E-state index contributed by atoms with van der Waals surface area (Å²) in [5.41, 5.74) is 2.48. The van der Waals surface area contributed by atoms with E-state index >= 15 is 0 Å². The highest BCUT2D eigenvalue weighted by Gasteiger charge is 2.24. The molecule has 0 saturated carbocycles. The summed E-state index contributed by atoms with van der Waals surface area (Å²) in [6.07, 6.45) is -0.623. The number of nitrogens with zero attached hydrogens (tertiary/aromatic N) is 6. The van der Waals surface area contributed by atoms with Crippen LogP contribution in [0.1, 0.15) is 29.1 Å². The molecule has 0 spiro atoms. The first-order valence-electron chi connectivity index (χ1n) is 8.65. The Morgan fingerprint density at radius 3 is 2.46 bits per heavy atom. The second-order valence-corrected chi connectivity index (χ2v) is 6.74. The highest BCUT2D eigenvalue weighted by Crippen LogP contribution is 2.20. The van der Waals surface area contributed by atoms with Crippen molar-refractivity contribution in [3.63, 3.8) is 0 Å². The molecular formula is C17H24F2N6O. The molecule has 2 aromatic rings. The fraction of sp³-hybridized carbons (Fsp3) is 0.588. The molecule has 1 amide bonds. The summed E-state index contributed by atoms with van der Waals surface area (Å²) in [4.78, 5) is 16.5. The molecular weight excluding hydrogens is 342 g/mol. The third kappa shape index (κ3) is 4.09. The van der Waals surface area contributed by atoms with E-state index in [1.165, 1.54) is 11.6 Å². The van der Waals surface area contributed by atoms with Gasteiger partial charge in [0.25, 0.3) is 6.43 Å².